The molecule has 1 aliphatic carbocycles. The molecule has 0 fully saturated rings. The van der Waals surface area contributed by atoms with Gasteiger partial charge in [0.1, 0.15) is 22.3 Å². The van der Waals surface area contributed by atoms with Gasteiger partial charge in [-0.1, -0.05) is 86.6 Å². The van der Waals surface area contributed by atoms with Crippen molar-refractivity contribution >= 4 is 43.9 Å². The van der Waals surface area contributed by atoms with Crippen molar-refractivity contribution in [3.8, 4) is 45.3 Å². The van der Waals surface area contributed by atoms with Crippen LogP contribution in [0.25, 0.3) is 89.2 Å². The second-order valence-electron chi connectivity index (χ2n) is 13.0. The molecular formula is C44H31N3O2. The molecule has 5 nitrogen and oxygen atoms in total. The Labute approximate surface area is 282 Å². The Hall–Kier alpha value is -6.07. The number of hydrogen-bond acceptors (Lipinski definition) is 5. The van der Waals surface area contributed by atoms with Gasteiger partial charge < -0.3 is 8.83 Å². The highest BCUT2D eigenvalue weighted by Crippen LogP contribution is 2.54. The van der Waals surface area contributed by atoms with Crippen LogP contribution in [0.5, 0.6) is 0 Å². The van der Waals surface area contributed by atoms with Crippen LogP contribution >= 0.6 is 0 Å². The van der Waals surface area contributed by atoms with E-state index in [9.17, 15) is 0 Å². The van der Waals surface area contributed by atoms with Gasteiger partial charge in [-0.25, -0.2) is 15.0 Å². The Kier molecular flexibility index (Phi) is 5.98. The Morgan fingerprint density at radius 1 is 0.429 bits per heavy atom. The second kappa shape index (κ2) is 10.5. The van der Waals surface area contributed by atoms with Crippen LogP contribution in [0.3, 0.4) is 0 Å². The molecule has 0 bridgehead atoms. The number of furan rings is 2. The maximum absolute atomic E-state index is 6.54. The summed E-state index contributed by atoms with van der Waals surface area (Å²) in [6.45, 7) is 4.60. The molecule has 0 atom stereocenters. The summed E-state index contributed by atoms with van der Waals surface area (Å²) in [6.07, 6.45) is 2.08. The van der Waals surface area contributed by atoms with Crippen molar-refractivity contribution in [1.82, 2.24) is 15.0 Å². The lowest BCUT2D eigenvalue weighted by Gasteiger charge is -2.29. The monoisotopic (exact) mass is 633 g/mol. The van der Waals surface area contributed by atoms with Crippen LogP contribution < -0.4 is 0 Å². The molecule has 10 rings (SSSR count). The molecule has 3 heterocycles. The maximum atomic E-state index is 6.54. The van der Waals surface area contributed by atoms with Crippen LogP contribution in [0.1, 0.15) is 37.8 Å². The van der Waals surface area contributed by atoms with Gasteiger partial charge >= 0.3 is 0 Å². The Balaban J connectivity index is 1.16. The molecule has 0 N–H and O–H groups in total. The average Bonchev–Trinajstić information content (AvgIpc) is 3.81. The number of aromatic nitrogens is 3. The van der Waals surface area contributed by atoms with Gasteiger partial charge in [0.05, 0.1) is 0 Å². The van der Waals surface area contributed by atoms with E-state index in [2.05, 4.69) is 74.5 Å². The fourth-order valence-corrected chi connectivity index (χ4v) is 8.09. The van der Waals surface area contributed by atoms with Crippen molar-refractivity contribution in [3.63, 3.8) is 0 Å². The zero-order chi connectivity index (χ0) is 32.7. The third-order valence-corrected chi connectivity index (χ3v) is 10.6. The molecule has 0 unspecified atom stereocenters. The smallest absolute Gasteiger partial charge is 0.164 e. The van der Waals surface area contributed by atoms with Gasteiger partial charge in [0.25, 0.3) is 0 Å². The Morgan fingerprint density at radius 2 is 0.980 bits per heavy atom. The van der Waals surface area contributed by atoms with E-state index in [4.69, 9.17) is 23.8 Å². The number of rotatable bonds is 5. The summed E-state index contributed by atoms with van der Waals surface area (Å²) >= 11 is 0. The van der Waals surface area contributed by atoms with Crippen LogP contribution in [0.2, 0.25) is 0 Å². The van der Waals surface area contributed by atoms with E-state index >= 15 is 0 Å². The van der Waals surface area contributed by atoms with E-state index < -0.39 is 0 Å². The minimum atomic E-state index is -0.00880. The topological polar surface area (TPSA) is 65.0 Å². The first-order valence-electron chi connectivity index (χ1n) is 17.0. The summed E-state index contributed by atoms with van der Waals surface area (Å²) in [4.78, 5) is 15.1. The van der Waals surface area contributed by atoms with E-state index in [0.29, 0.717) is 17.5 Å². The molecule has 0 saturated heterocycles. The molecule has 0 spiro atoms. The summed E-state index contributed by atoms with van der Waals surface area (Å²) in [6, 6.07) is 44.1. The molecule has 9 aromatic rings. The third kappa shape index (κ3) is 4.08. The molecule has 3 aromatic heterocycles. The van der Waals surface area contributed by atoms with Crippen LogP contribution in [0.4, 0.5) is 0 Å². The van der Waals surface area contributed by atoms with Gasteiger partial charge in [0, 0.05) is 43.7 Å². The van der Waals surface area contributed by atoms with Crippen LogP contribution in [-0.2, 0) is 5.41 Å². The molecule has 0 saturated carbocycles. The summed E-state index contributed by atoms with van der Waals surface area (Å²) in [5.41, 5.74) is 11.6. The van der Waals surface area contributed by atoms with E-state index in [-0.39, 0.29) is 5.41 Å². The highest BCUT2D eigenvalue weighted by atomic mass is 16.3. The normalized spacial score (nSPS) is 13.4. The fraction of sp³-hybridized carbons (Fsp3) is 0.114. The quantitative estimate of drug-likeness (QED) is 0.189. The molecule has 0 amide bonds. The Bertz CT molecular complexity index is 2750. The summed E-state index contributed by atoms with van der Waals surface area (Å²) < 4.78 is 12.6. The standard InChI is InChI=1S/C44H31N3O2/c1-3-44(4-2)35-16-10-8-14-29(35)31-24-34-33-23-28(19-21-39(33)49-40(34)25-36(31)44)43-46-41(26-12-6-5-7-13-26)45-42(47-43)27-18-20-38-32(22-27)30-15-9-11-17-37(30)48-38/h5-25H,3-4H2,1-2H3. The lowest BCUT2D eigenvalue weighted by Crippen LogP contribution is -2.22. The number of fused-ring (bicyclic) bond motifs is 9. The predicted octanol–water partition coefficient (Wildman–Crippen LogP) is 11.8. The number of para-hydroxylation sites is 1. The van der Waals surface area contributed by atoms with Crippen molar-refractivity contribution < 1.29 is 8.83 Å². The summed E-state index contributed by atoms with van der Waals surface area (Å²) in [7, 11) is 0. The van der Waals surface area contributed by atoms with E-state index in [0.717, 1.165) is 73.4 Å². The zero-order valence-corrected chi connectivity index (χ0v) is 27.2. The van der Waals surface area contributed by atoms with Crippen molar-refractivity contribution in [2.45, 2.75) is 32.1 Å². The van der Waals surface area contributed by atoms with Crippen LogP contribution in [0.15, 0.2) is 136 Å². The van der Waals surface area contributed by atoms with E-state index in [1.54, 1.807) is 0 Å². The first-order chi connectivity index (χ1) is 24.1. The average molecular weight is 634 g/mol. The number of benzene rings is 6. The lowest BCUT2D eigenvalue weighted by molar-refractivity contribution is 0.490. The van der Waals surface area contributed by atoms with Crippen molar-refractivity contribution in [1.29, 1.82) is 0 Å². The predicted molar refractivity (Wildman–Crippen MR) is 197 cm³/mol. The molecule has 0 aliphatic heterocycles. The second-order valence-corrected chi connectivity index (χ2v) is 13.0. The summed E-state index contributed by atoms with van der Waals surface area (Å²) in [5, 5.41) is 4.25. The molecular weight excluding hydrogens is 603 g/mol. The molecule has 49 heavy (non-hydrogen) atoms. The van der Waals surface area contributed by atoms with Gasteiger partial charge in [-0.15, -0.1) is 0 Å². The van der Waals surface area contributed by atoms with Gasteiger partial charge in [-0.05, 0) is 89.7 Å². The van der Waals surface area contributed by atoms with Gasteiger partial charge in [-0.3, -0.25) is 0 Å². The van der Waals surface area contributed by atoms with Gasteiger partial charge in [0.15, 0.2) is 17.5 Å². The molecule has 1 aliphatic rings. The third-order valence-electron chi connectivity index (χ3n) is 10.6. The zero-order valence-electron chi connectivity index (χ0n) is 27.2. The van der Waals surface area contributed by atoms with Crippen molar-refractivity contribution in [2.24, 2.45) is 0 Å². The first kappa shape index (κ1) is 28.0. The molecule has 0 radical (unpaired) electrons. The summed E-state index contributed by atoms with van der Waals surface area (Å²) in [5.74, 6) is 1.85. The highest BCUT2D eigenvalue weighted by molar-refractivity contribution is 6.09. The highest BCUT2D eigenvalue weighted by Gasteiger charge is 2.40. The number of nitrogens with zero attached hydrogens (tertiary/aromatic N) is 3. The molecule has 234 valence electrons. The van der Waals surface area contributed by atoms with Crippen molar-refractivity contribution in [3.05, 3.63) is 139 Å². The van der Waals surface area contributed by atoms with Crippen molar-refractivity contribution in [2.75, 3.05) is 0 Å². The van der Waals surface area contributed by atoms with Gasteiger partial charge in [0.2, 0.25) is 0 Å². The first-order valence-corrected chi connectivity index (χ1v) is 17.0. The van der Waals surface area contributed by atoms with Crippen LogP contribution in [-0.4, -0.2) is 15.0 Å². The SMILES string of the molecule is CCC1(CC)c2ccccc2-c2cc3c(cc21)oc1ccc(-c2nc(-c4ccccc4)nc(-c4ccc5oc6ccccc6c5c4)n2)cc13. The Morgan fingerprint density at radius 3 is 1.69 bits per heavy atom. The van der Waals surface area contributed by atoms with Gasteiger partial charge in [-0.2, -0.15) is 0 Å². The number of hydrogen-bond donors (Lipinski definition) is 0. The molecule has 5 heteroatoms. The maximum Gasteiger partial charge on any atom is 0.164 e. The fourth-order valence-electron chi connectivity index (χ4n) is 8.09. The minimum Gasteiger partial charge on any atom is -0.456 e. The lowest BCUT2D eigenvalue weighted by atomic mass is 9.74. The minimum absolute atomic E-state index is 0.00880. The van der Waals surface area contributed by atoms with E-state index in [1.165, 1.54) is 22.3 Å². The van der Waals surface area contributed by atoms with Crippen LogP contribution in [0, 0.1) is 0 Å². The van der Waals surface area contributed by atoms with E-state index in [1.807, 2.05) is 66.7 Å². The largest absolute Gasteiger partial charge is 0.456 e. The molecule has 6 aromatic carbocycles.